The van der Waals surface area contributed by atoms with Gasteiger partial charge in [-0.1, -0.05) is 13.0 Å². The highest BCUT2D eigenvalue weighted by Gasteiger charge is 2.01. The molecule has 78 valence electrons. The van der Waals surface area contributed by atoms with E-state index in [1.165, 1.54) is 12.1 Å². The predicted octanol–water partition coefficient (Wildman–Crippen LogP) is 2.37. The molecule has 0 aromatic heterocycles. The SMILES string of the molecule is CCC(O)CCOc1cccc(F)c1. The number of aliphatic hydroxyl groups excluding tert-OH is 1. The third-order valence-electron chi connectivity index (χ3n) is 1.99. The van der Waals surface area contributed by atoms with Crippen LogP contribution >= 0.6 is 0 Å². The standard InChI is InChI=1S/C11H15FO2/c1-2-10(13)6-7-14-11-5-3-4-9(12)8-11/h3-5,8,10,13H,2,6-7H2,1H3. The Morgan fingerprint density at radius 3 is 2.93 bits per heavy atom. The van der Waals surface area contributed by atoms with Gasteiger partial charge in [-0.25, -0.2) is 4.39 Å². The van der Waals surface area contributed by atoms with Crippen LogP contribution < -0.4 is 4.74 Å². The van der Waals surface area contributed by atoms with Gasteiger partial charge in [-0.2, -0.15) is 0 Å². The largest absolute Gasteiger partial charge is 0.493 e. The van der Waals surface area contributed by atoms with E-state index in [0.29, 0.717) is 25.2 Å². The molecule has 1 aromatic rings. The number of ether oxygens (including phenoxy) is 1. The van der Waals surface area contributed by atoms with Crippen molar-refractivity contribution in [2.75, 3.05) is 6.61 Å². The molecule has 2 nitrogen and oxygen atoms in total. The maximum atomic E-state index is 12.7. The molecule has 0 aliphatic rings. The summed E-state index contributed by atoms with van der Waals surface area (Å²) >= 11 is 0. The van der Waals surface area contributed by atoms with Gasteiger partial charge in [-0.3, -0.25) is 0 Å². The molecule has 0 spiro atoms. The molecule has 0 fully saturated rings. The number of halogens is 1. The summed E-state index contributed by atoms with van der Waals surface area (Å²) in [6, 6.07) is 5.99. The number of aliphatic hydroxyl groups is 1. The highest BCUT2D eigenvalue weighted by molar-refractivity contribution is 5.22. The van der Waals surface area contributed by atoms with E-state index in [0.717, 1.165) is 0 Å². The van der Waals surface area contributed by atoms with E-state index < -0.39 is 0 Å². The van der Waals surface area contributed by atoms with E-state index in [1.54, 1.807) is 12.1 Å². The predicted molar refractivity (Wildman–Crippen MR) is 52.8 cm³/mol. The Morgan fingerprint density at radius 1 is 1.50 bits per heavy atom. The monoisotopic (exact) mass is 198 g/mol. The fraction of sp³-hybridized carbons (Fsp3) is 0.455. The zero-order chi connectivity index (χ0) is 10.4. The number of rotatable bonds is 5. The maximum Gasteiger partial charge on any atom is 0.126 e. The molecule has 0 bridgehead atoms. The normalized spacial score (nSPS) is 12.5. The molecule has 1 N–H and O–H groups in total. The maximum absolute atomic E-state index is 12.7. The van der Waals surface area contributed by atoms with Crippen molar-refractivity contribution in [1.82, 2.24) is 0 Å². The minimum absolute atomic E-state index is 0.307. The summed E-state index contributed by atoms with van der Waals surface area (Å²) in [5.41, 5.74) is 0. The molecule has 0 amide bonds. The number of hydrogen-bond donors (Lipinski definition) is 1. The zero-order valence-electron chi connectivity index (χ0n) is 8.24. The fourth-order valence-electron chi connectivity index (χ4n) is 1.07. The smallest absolute Gasteiger partial charge is 0.126 e. The lowest BCUT2D eigenvalue weighted by Gasteiger charge is -2.09. The van der Waals surface area contributed by atoms with Crippen molar-refractivity contribution in [2.45, 2.75) is 25.9 Å². The molecule has 0 heterocycles. The Morgan fingerprint density at radius 2 is 2.29 bits per heavy atom. The topological polar surface area (TPSA) is 29.5 Å². The Kier molecular flexibility index (Phi) is 4.40. The van der Waals surface area contributed by atoms with Crippen LogP contribution in [0.15, 0.2) is 24.3 Å². The first kappa shape index (κ1) is 11.0. The first-order valence-electron chi connectivity index (χ1n) is 4.78. The molecule has 1 atom stereocenters. The third kappa shape index (κ3) is 3.75. The Bertz CT molecular complexity index is 276. The lowest BCUT2D eigenvalue weighted by molar-refractivity contribution is 0.135. The van der Waals surface area contributed by atoms with Crippen LogP contribution in [-0.4, -0.2) is 17.8 Å². The quantitative estimate of drug-likeness (QED) is 0.787. The molecule has 1 unspecified atom stereocenters. The van der Waals surface area contributed by atoms with Crippen LogP contribution in [0.3, 0.4) is 0 Å². The summed E-state index contributed by atoms with van der Waals surface area (Å²) in [6.07, 6.45) is 0.961. The summed E-state index contributed by atoms with van der Waals surface area (Å²) < 4.78 is 17.9. The lowest BCUT2D eigenvalue weighted by Crippen LogP contribution is -2.10. The first-order valence-corrected chi connectivity index (χ1v) is 4.78. The van der Waals surface area contributed by atoms with E-state index in [2.05, 4.69) is 0 Å². The fourth-order valence-corrected chi connectivity index (χ4v) is 1.07. The highest BCUT2D eigenvalue weighted by atomic mass is 19.1. The van der Waals surface area contributed by atoms with Crippen LogP contribution in [0.25, 0.3) is 0 Å². The van der Waals surface area contributed by atoms with Gasteiger partial charge in [0.1, 0.15) is 11.6 Å². The van der Waals surface area contributed by atoms with Gasteiger partial charge in [0.05, 0.1) is 12.7 Å². The molecule has 0 saturated carbocycles. The second-order valence-corrected chi connectivity index (χ2v) is 3.16. The van der Waals surface area contributed by atoms with Crippen molar-refractivity contribution in [3.63, 3.8) is 0 Å². The van der Waals surface area contributed by atoms with Crippen molar-refractivity contribution >= 4 is 0 Å². The van der Waals surface area contributed by atoms with Gasteiger partial charge >= 0.3 is 0 Å². The zero-order valence-corrected chi connectivity index (χ0v) is 8.24. The molecule has 0 saturated heterocycles. The average molecular weight is 198 g/mol. The minimum atomic E-state index is -0.330. The summed E-state index contributed by atoms with van der Waals surface area (Å²) in [4.78, 5) is 0. The van der Waals surface area contributed by atoms with Crippen molar-refractivity contribution < 1.29 is 14.2 Å². The minimum Gasteiger partial charge on any atom is -0.493 e. The first-order chi connectivity index (χ1) is 6.72. The van der Waals surface area contributed by atoms with E-state index in [9.17, 15) is 9.50 Å². The van der Waals surface area contributed by atoms with Crippen LogP contribution in [0.4, 0.5) is 4.39 Å². The van der Waals surface area contributed by atoms with Gasteiger partial charge < -0.3 is 9.84 Å². The van der Waals surface area contributed by atoms with E-state index in [1.807, 2.05) is 6.92 Å². The third-order valence-corrected chi connectivity index (χ3v) is 1.99. The van der Waals surface area contributed by atoms with Crippen molar-refractivity contribution in [3.8, 4) is 5.75 Å². The molecular formula is C11H15FO2. The van der Waals surface area contributed by atoms with Crippen LogP contribution in [0.1, 0.15) is 19.8 Å². The van der Waals surface area contributed by atoms with Crippen LogP contribution in [0, 0.1) is 5.82 Å². The van der Waals surface area contributed by atoms with Crippen LogP contribution in [-0.2, 0) is 0 Å². The molecule has 3 heteroatoms. The van der Waals surface area contributed by atoms with E-state index in [-0.39, 0.29) is 11.9 Å². The molecule has 14 heavy (non-hydrogen) atoms. The molecule has 0 aliphatic carbocycles. The van der Waals surface area contributed by atoms with E-state index in [4.69, 9.17) is 4.74 Å². The summed E-state index contributed by atoms with van der Waals surface area (Å²) in [6.45, 7) is 2.32. The van der Waals surface area contributed by atoms with Crippen LogP contribution in [0.2, 0.25) is 0 Å². The average Bonchev–Trinajstić information content (AvgIpc) is 2.17. The molecular weight excluding hydrogens is 183 g/mol. The molecule has 1 rings (SSSR count). The second kappa shape index (κ2) is 5.60. The van der Waals surface area contributed by atoms with Crippen molar-refractivity contribution in [3.05, 3.63) is 30.1 Å². The summed E-state index contributed by atoms with van der Waals surface area (Å²) in [7, 11) is 0. The van der Waals surface area contributed by atoms with Gasteiger partial charge in [-0.05, 0) is 18.6 Å². The lowest BCUT2D eigenvalue weighted by atomic mass is 10.2. The molecule has 1 aromatic carbocycles. The number of hydrogen-bond acceptors (Lipinski definition) is 2. The molecule has 0 radical (unpaired) electrons. The Labute approximate surface area is 83.3 Å². The van der Waals surface area contributed by atoms with Gasteiger partial charge in [0.15, 0.2) is 0 Å². The van der Waals surface area contributed by atoms with Gasteiger partial charge in [0.2, 0.25) is 0 Å². The highest BCUT2D eigenvalue weighted by Crippen LogP contribution is 2.12. The van der Waals surface area contributed by atoms with E-state index >= 15 is 0 Å². The van der Waals surface area contributed by atoms with Gasteiger partial charge in [-0.15, -0.1) is 0 Å². The van der Waals surface area contributed by atoms with Crippen molar-refractivity contribution in [2.24, 2.45) is 0 Å². The summed E-state index contributed by atoms with van der Waals surface area (Å²) in [5, 5.41) is 9.24. The molecule has 0 aliphatic heterocycles. The Hall–Kier alpha value is -1.09. The summed E-state index contributed by atoms with van der Waals surface area (Å²) in [5.74, 6) is 0.201. The van der Waals surface area contributed by atoms with Crippen LogP contribution in [0.5, 0.6) is 5.75 Å². The Balaban J connectivity index is 2.31. The van der Waals surface area contributed by atoms with Gasteiger partial charge in [0.25, 0.3) is 0 Å². The van der Waals surface area contributed by atoms with Gasteiger partial charge in [0, 0.05) is 12.5 Å². The van der Waals surface area contributed by atoms with Crippen molar-refractivity contribution in [1.29, 1.82) is 0 Å². The number of benzene rings is 1. The second-order valence-electron chi connectivity index (χ2n) is 3.16.